The van der Waals surface area contributed by atoms with Crippen LogP contribution in [0.5, 0.6) is 5.75 Å². The number of rotatable bonds is 10. The number of hydrogen-bond acceptors (Lipinski definition) is 3. The minimum absolute atomic E-state index is 0.179. The highest BCUT2D eigenvalue weighted by atomic mass is 35.5. The van der Waals surface area contributed by atoms with Crippen LogP contribution in [-0.2, 0) is 5.41 Å². The monoisotopic (exact) mass is 588 g/mol. The maximum Gasteiger partial charge on any atom is 0.119 e. The van der Waals surface area contributed by atoms with Gasteiger partial charge < -0.3 is 14.5 Å². The average molecular weight is 589 g/mol. The first-order valence-electron chi connectivity index (χ1n) is 16.7. The van der Waals surface area contributed by atoms with Crippen molar-refractivity contribution in [2.45, 2.75) is 109 Å². The average Bonchev–Trinajstić information content (AvgIpc) is 3.24. The van der Waals surface area contributed by atoms with Crippen LogP contribution in [0, 0.1) is 18.8 Å². The second kappa shape index (κ2) is 13.9. The van der Waals surface area contributed by atoms with E-state index in [4.69, 9.17) is 16.3 Å². The zero-order valence-electron chi connectivity index (χ0n) is 26.7. The van der Waals surface area contributed by atoms with Crippen molar-refractivity contribution in [2.24, 2.45) is 11.8 Å². The second-order valence-corrected chi connectivity index (χ2v) is 13.5. The first-order valence-corrected chi connectivity index (χ1v) is 17.1. The van der Waals surface area contributed by atoms with Gasteiger partial charge in [-0.05, 0) is 107 Å². The molecule has 1 aliphatic heterocycles. The molecule has 0 N–H and O–H groups in total. The summed E-state index contributed by atoms with van der Waals surface area (Å²) in [6.45, 7) is 11.1. The largest absolute Gasteiger partial charge is 0.497 e. The molecule has 0 radical (unpaired) electrons. The molecule has 4 atom stereocenters. The summed E-state index contributed by atoms with van der Waals surface area (Å²) in [5.74, 6) is 1.93. The Kier molecular flexibility index (Phi) is 10.3. The number of fused-ring (bicyclic) bond motifs is 2. The third-order valence-electron chi connectivity index (χ3n) is 10.5. The number of allylic oxidation sites excluding steroid dienone is 3. The summed E-state index contributed by atoms with van der Waals surface area (Å²) in [5, 5.41) is 0.179. The van der Waals surface area contributed by atoms with Gasteiger partial charge in [-0.25, -0.2) is 0 Å². The van der Waals surface area contributed by atoms with Crippen LogP contribution < -0.4 is 14.5 Å². The van der Waals surface area contributed by atoms with Crippen molar-refractivity contribution in [3.8, 4) is 5.75 Å². The van der Waals surface area contributed by atoms with Gasteiger partial charge >= 0.3 is 0 Å². The normalized spacial score (nSPS) is 25.7. The lowest BCUT2D eigenvalue weighted by molar-refractivity contribution is 0.274. The molecule has 3 aliphatic rings. The molecule has 0 saturated heterocycles. The van der Waals surface area contributed by atoms with E-state index in [9.17, 15) is 0 Å². The summed E-state index contributed by atoms with van der Waals surface area (Å²) in [6.07, 6.45) is 20.0. The van der Waals surface area contributed by atoms with Crippen LogP contribution in [0.3, 0.4) is 0 Å². The molecule has 4 heteroatoms. The fraction of sp³-hybridized carbons (Fsp3) is 0.579. The number of benzene rings is 2. The van der Waals surface area contributed by atoms with Gasteiger partial charge in [0.1, 0.15) is 5.75 Å². The highest BCUT2D eigenvalue weighted by Crippen LogP contribution is 2.54. The van der Waals surface area contributed by atoms with Crippen molar-refractivity contribution in [1.29, 1.82) is 0 Å². The quantitative estimate of drug-likeness (QED) is 0.203. The molecule has 0 amide bonds. The van der Waals surface area contributed by atoms with E-state index < -0.39 is 0 Å². The molecule has 3 nitrogen and oxygen atoms in total. The molecular formula is C38H53ClN2O. The first-order chi connectivity index (χ1) is 20.4. The molecule has 4 unspecified atom stereocenters. The minimum atomic E-state index is 0.179. The molecule has 2 saturated carbocycles. The number of methoxy groups -OCH3 is 1. The van der Waals surface area contributed by atoms with E-state index in [2.05, 4.69) is 98.2 Å². The van der Waals surface area contributed by atoms with E-state index in [1.54, 1.807) is 7.11 Å². The Balaban J connectivity index is 1.35. The van der Waals surface area contributed by atoms with E-state index >= 15 is 0 Å². The van der Waals surface area contributed by atoms with Gasteiger partial charge in [0.25, 0.3) is 0 Å². The van der Waals surface area contributed by atoms with E-state index in [1.807, 2.05) is 0 Å². The van der Waals surface area contributed by atoms with Crippen LogP contribution in [0.1, 0.15) is 96.1 Å². The van der Waals surface area contributed by atoms with Gasteiger partial charge in [-0.1, -0.05) is 69.0 Å². The second-order valence-electron chi connectivity index (χ2n) is 13.0. The van der Waals surface area contributed by atoms with E-state index in [0.29, 0.717) is 17.9 Å². The molecule has 2 fully saturated rings. The molecule has 0 aromatic heterocycles. The van der Waals surface area contributed by atoms with Gasteiger partial charge in [-0.3, -0.25) is 0 Å². The molecule has 0 bridgehead atoms. The smallest absolute Gasteiger partial charge is 0.119 e. The van der Waals surface area contributed by atoms with Crippen LogP contribution in [-0.4, -0.2) is 31.6 Å². The lowest BCUT2D eigenvalue weighted by Crippen LogP contribution is -2.45. The lowest BCUT2D eigenvalue weighted by atomic mass is 9.66. The van der Waals surface area contributed by atoms with Gasteiger partial charge in [0, 0.05) is 41.0 Å². The number of hydrogen-bond donors (Lipinski definition) is 0. The number of para-hydroxylation sites is 1. The summed E-state index contributed by atoms with van der Waals surface area (Å²) in [4.78, 5) is 5.15. The highest BCUT2D eigenvalue weighted by molar-refractivity contribution is 6.21. The van der Waals surface area contributed by atoms with Crippen LogP contribution >= 0.6 is 11.6 Å². The number of anilines is 2. The van der Waals surface area contributed by atoms with Crippen molar-refractivity contribution in [3.05, 3.63) is 77.5 Å². The summed E-state index contributed by atoms with van der Waals surface area (Å²) in [5.41, 5.74) is 7.09. The summed E-state index contributed by atoms with van der Waals surface area (Å²) in [6, 6.07) is 15.9. The van der Waals surface area contributed by atoms with Crippen LogP contribution in [0.4, 0.5) is 11.4 Å². The van der Waals surface area contributed by atoms with E-state index in [1.165, 1.54) is 79.6 Å². The van der Waals surface area contributed by atoms with E-state index in [-0.39, 0.29) is 10.8 Å². The maximum atomic E-state index is 7.35. The fourth-order valence-corrected chi connectivity index (χ4v) is 8.76. The van der Waals surface area contributed by atoms with Crippen molar-refractivity contribution >= 4 is 23.0 Å². The predicted molar refractivity (Wildman–Crippen MR) is 181 cm³/mol. The van der Waals surface area contributed by atoms with Crippen molar-refractivity contribution in [1.82, 2.24) is 0 Å². The maximum absolute atomic E-state index is 7.35. The lowest BCUT2D eigenvalue weighted by Gasteiger charge is -2.41. The van der Waals surface area contributed by atoms with Gasteiger partial charge in [0.05, 0.1) is 13.2 Å². The Hall–Kier alpha value is -2.39. The summed E-state index contributed by atoms with van der Waals surface area (Å²) in [7, 11) is 1.80. The Labute approximate surface area is 261 Å². The zero-order chi connectivity index (χ0) is 29.7. The predicted octanol–water partition coefficient (Wildman–Crippen LogP) is 10.2. The van der Waals surface area contributed by atoms with Crippen LogP contribution in [0.2, 0.25) is 0 Å². The molecule has 2 aromatic carbocycles. The number of alkyl halides is 1. The van der Waals surface area contributed by atoms with Crippen molar-refractivity contribution in [3.63, 3.8) is 0 Å². The third kappa shape index (κ3) is 6.14. The fourth-order valence-electron chi connectivity index (χ4n) is 8.33. The summed E-state index contributed by atoms with van der Waals surface area (Å²) >= 11 is 7.35. The first kappa shape index (κ1) is 31.0. The van der Waals surface area contributed by atoms with Crippen molar-refractivity contribution in [2.75, 3.05) is 30.0 Å². The number of aryl methyl sites for hydroxylation is 1. The Morgan fingerprint density at radius 1 is 1.05 bits per heavy atom. The standard InChI is InChI=1S/C38H53ClN2O/c1-6-26-41-35-22-21-32(42-5)27-33(35)38(24-11-8-12-25-38)36(41)23-20-31-16-13-15-30(37(31)39)19-18-29(4)40(7-2)34-17-10-9-14-28(34)3/h9-10,14,17-18,20-23,27,30-31,36-37H,6-8,11-13,15-16,19,24-26H2,1-5H3/b23-20+,29-18+. The minimum Gasteiger partial charge on any atom is -0.497 e. The van der Waals surface area contributed by atoms with Crippen LogP contribution in [0.15, 0.2) is 66.4 Å². The van der Waals surface area contributed by atoms with E-state index in [0.717, 1.165) is 31.7 Å². The molecule has 1 heterocycles. The Morgan fingerprint density at radius 2 is 1.83 bits per heavy atom. The zero-order valence-corrected chi connectivity index (χ0v) is 27.5. The van der Waals surface area contributed by atoms with Gasteiger partial charge in [0.15, 0.2) is 0 Å². The molecular weight excluding hydrogens is 536 g/mol. The SMILES string of the molecule is CCCN1c2ccc(OC)cc2C2(CCCCC2)C1/C=C/C1CCCC(C/C=C(\C)N(CC)c2ccccc2C)C1Cl. The molecule has 228 valence electrons. The Morgan fingerprint density at radius 3 is 2.55 bits per heavy atom. The number of halogens is 1. The Bertz CT molecular complexity index is 1250. The molecule has 2 aromatic rings. The summed E-state index contributed by atoms with van der Waals surface area (Å²) < 4.78 is 5.72. The molecule has 5 rings (SSSR count). The van der Waals surface area contributed by atoms with Gasteiger partial charge in [-0.15, -0.1) is 11.6 Å². The third-order valence-corrected chi connectivity index (χ3v) is 11.2. The van der Waals surface area contributed by atoms with Gasteiger partial charge in [-0.2, -0.15) is 0 Å². The highest BCUT2D eigenvalue weighted by Gasteiger charge is 2.50. The molecule has 42 heavy (non-hydrogen) atoms. The molecule has 1 spiro atoms. The number of ether oxygens (including phenoxy) is 1. The topological polar surface area (TPSA) is 15.7 Å². The number of nitrogens with zero attached hydrogens (tertiary/aromatic N) is 2. The molecule has 2 aliphatic carbocycles. The van der Waals surface area contributed by atoms with Gasteiger partial charge in [0.2, 0.25) is 0 Å². The van der Waals surface area contributed by atoms with Crippen molar-refractivity contribution < 1.29 is 4.74 Å². The van der Waals surface area contributed by atoms with Crippen LogP contribution in [0.25, 0.3) is 0 Å².